The van der Waals surface area contributed by atoms with Gasteiger partial charge in [-0.2, -0.15) is 0 Å². The van der Waals surface area contributed by atoms with Gasteiger partial charge in [0.25, 0.3) is 0 Å². The number of aliphatic carboxylic acids is 1. The Morgan fingerprint density at radius 3 is 2.80 bits per heavy atom. The molecule has 1 saturated heterocycles. The first-order valence-electron chi connectivity index (χ1n) is 7.92. The van der Waals surface area contributed by atoms with Crippen molar-refractivity contribution in [3.63, 3.8) is 0 Å². The molecule has 2 N–H and O–H groups in total. The summed E-state index contributed by atoms with van der Waals surface area (Å²) in [6, 6.07) is 2.00. The second kappa shape index (κ2) is 5.40. The minimum absolute atomic E-state index is 0.0178. The van der Waals surface area contributed by atoms with E-state index in [1.165, 1.54) is 4.90 Å². The number of rotatable bonds is 2. The lowest BCUT2D eigenvalue weighted by atomic mass is 9.66. The van der Waals surface area contributed by atoms with Crippen LogP contribution in [0, 0.1) is 28.8 Å². The number of carboxylic acids is 1. The molecule has 0 aromatic heterocycles. The SMILES string of the molecule is O=C(O)[C@@H]1CN(c2ccc(F)c(F)c2F)C2=CCC=C3C=CNCC321. The lowest BCUT2D eigenvalue weighted by Gasteiger charge is -2.40. The van der Waals surface area contributed by atoms with Gasteiger partial charge in [-0.15, -0.1) is 0 Å². The van der Waals surface area contributed by atoms with Crippen LogP contribution in [0.25, 0.3) is 0 Å². The van der Waals surface area contributed by atoms with Crippen LogP contribution in [0.3, 0.4) is 0 Å². The molecular formula is C18H15F3N2O2. The number of nitrogens with zero attached hydrogens (tertiary/aromatic N) is 1. The normalized spacial score (nSPS) is 27.2. The van der Waals surface area contributed by atoms with Crippen LogP contribution in [0.5, 0.6) is 0 Å². The van der Waals surface area contributed by atoms with Crippen LogP contribution in [0.1, 0.15) is 6.42 Å². The van der Waals surface area contributed by atoms with Crippen LogP contribution in [-0.2, 0) is 4.79 Å². The zero-order valence-electron chi connectivity index (χ0n) is 13.1. The zero-order chi connectivity index (χ0) is 17.8. The van der Waals surface area contributed by atoms with E-state index in [2.05, 4.69) is 5.32 Å². The van der Waals surface area contributed by atoms with Crippen LogP contribution in [0.4, 0.5) is 18.9 Å². The average Bonchev–Trinajstić information content (AvgIpc) is 2.94. The van der Waals surface area contributed by atoms with Gasteiger partial charge in [0.2, 0.25) is 0 Å². The molecular weight excluding hydrogens is 333 g/mol. The maximum atomic E-state index is 14.3. The quantitative estimate of drug-likeness (QED) is 0.807. The maximum absolute atomic E-state index is 14.3. The molecule has 7 heteroatoms. The topological polar surface area (TPSA) is 52.6 Å². The second-order valence-electron chi connectivity index (χ2n) is 6.37. The Labute approximate surface area is 141 Å². The van der Waals surface area contributed by atoms with Crippen molar-refractivity contribution in [2.45, 2.75) is 6.42 Å². The van der Waals surface area contributed by atoms with Crippen molar-refractivity contribution in [3.05, 3.63) is 65.3 Å². The molecule has 4 rings (SSSR count). The van der Waals surface area contributed by atoms with Crippen molar-refractivity contribution in [2.75, 3.05) is 18.0 Å². The molecule has 25 heavy (non-hydrogen) atoms. The van der Waals surface area contributed by atoms with Gasteiger partial charge in [-0.05, 0) is 36.4 Å². The fraction of sp³-hybridized carbons (Fsp3) is 0.278. The first-order chi connectivity index (χ1) is 12.0. The second-order valence-corrected chi connectivity index (χ2v) is 6.37. The summed E-state index contributed by atoms with van der Waals surface area (Å²) in [5.74, 6) is -5.99. The van der Waals surface area contributed by atoms with E-state index in [0.29, 0.717) is 18.7 Å². The number of hydrogen-bond acceptors (Lipinski definition) is 3. The Morgan fingerprint density at radius 1 is 1.24 bits per heavy atom. The van der Waals surface area contributed by atoms with Crippen LogP contribution in [0.15, 0.2) is 47.8 Å². The van der Waals surface area contributed by atoms with Crippen LogP contribution in [0.2, 0.25) is 0 Å². The molecule has 130 valence electrons. The summed E-state index contributed by atoms with van der Waals surface area (Å²) >= 11 is 0. The number of anilines is 1. The molecule has 1 aromatic rings. The highest BCUT2D eigenvalue weighted by atomic mass is 19.2. The Kier molecular flexibility index (Phi) is 3.42. The molecule has 3 aliphatic rings. The number of carbonyl (C=O) groups is 1. The van der Waals surface area contributed by atoms with E-state index >= 15 is 0 Å². The summed E-state index contributed by atoms with van der Waals surface area (Å²) < 4.78 is 41.3. The highest BCUT2D eigenvalue weighted by Crippen LogP contribution is 2.54. The van der Waals surface area contributed by atoms with E-state index in [0.717, 1.165) is 17.7 Å². The molecule has 1 spiro atoms. The lowest BCUT2D eigenvalue weighted by molar-refractivity contribution is -0.143. The van der Waals surface area contributed by atoms with Gasteiger partial charge in [-0.1, -0.05) is 12.2 Å². The number of nitrogens with one attached hydrogen (secondary N) is 1. The number of benzene rings is 1. The van der Waals surface area contributed by atoms with Gasteiger partial charge in [-0.25, -0.2) is 13.2 Å². The molecule has 0 saturated carbocycles. The monoisotopic (exact) mass is 348 g/mol. The van der Waals surface area contributed by atoms with Gasteiger partial charge < -0.3 is 15.3 Å². The molecule has 2 atom stereocenters. The Morgan fingerprint density at radius 2 is 2.04 bits per heavy atom. The fourth-order valence-electron chi connectivity index (χ4n) is 4.12. The van der Waals surface area contributed by atoms with Crippen molar-refractivity contribution in [1.82, 2.24) is 5.32 Å². The molecule has 2 aliphatic heterocycles. The zero-order valence-corrected chi connectivity index (χ0v) is 13.1. The first-order valence-corrected chi connectivity index (χ1v) is 7.92. The number of halogens is 3. The summed E-state index contributed by atoms with van der Waals surface area (Å²) in [4.78, 5) is 13.4. The third-order valence-electron chi connectivity index (χ3n) is 5.24. The number of allylic oxidation sites excluding steroid dienone is 3. The molecule has 1 aliphatic carbocycles. The molecule has 0 radical (unpaired) electrons. The standard InChI is InChI=1S/C18H15F3N2O2/c19-12-4-5-13(16(21)15(12)20)23-8-11(17(24)25)18-9-22-7-6-10(18)2-1-3-14(18)23/h2-7,11,22H,1,8-9H2,(H,24,25)/t11-,18?/m0/s1. The summed E-state index contributed by atoms with van der Waals surface area (Å²) in [6.45, 7) is 0.329. The van der Waals surface area contributed by atoms with Gasteiger partial charge in [0.15, 0.2) is 17.5 Å². The van der Waals surface area contributed by atoms with Crippen molar-refractivity contribution in [1.29, 1.82) is 0 Å². The largest absolute Gasteiger partial charge is 0.481 e. The van der Waals surface area contributed by atoms with Gasteiger partial charge >= 0.3 is 5.97 Å². The van der Waals surface area contributed by atoms with E-state index in [4.69, 9.17) is 0 Å². The summed E-state index contributed by atoms with van der Waals surface area (Å²) in [7, 11) is 0. The summed E-state index contributed by atoms with van der Waals surface area (Å²) in [5, 5.41) is 12.8. The maximum Gasteiger partial charge on any atom is 0.309 e. The van der Waals surface area contributed by atoms with Gasteiger partial charge in [0.1, 0.15) is 0 Å². The average molecular weight is 348 g/mol. The Balaban J connectivity index is 1.88. The Hall–Kier alpha value is -2.70. The Bertz CT molecular complexity index is 862. The van der Waals surface area contributed by atoms with Crippen molar-refractivity contribution >= 4 is 11.7 Å². The van der Waals surface area contributed by atoms with Gasteiger partial charge in [0, 0.05) is 18.8 Å². The highest BCUT2D eigenvalue weighted by molar-refractivity contribution is 5.79. The minimum atomic E-state index is -1.56. The van der Waals surface area contributed by atoms with E-state index < -0.39 is 34.8 Å². The summed E-state index contributed by atoms with van der Waals surface area (Å²) in [5.41, 5.74) is 0.459. The van der Waals surface area contributed by atoms with Crippen LogP contribution < -0.4 is 10.2 Å². The van der Waals surface area contributed by atoms with E-state index in [1.54, 1.807) is 6.20 Å². The number of carboxylic acid groups (broad SMARTS) is 1. The van der Waals surface area contributed by atoms with Gasteiger partial charge in [-0.3, -0.25) is 4.79 Å². The molecule has 1 aromatic carbocycles. The van der Waals surface area contributed by atoms with E-state index in [9.17, 15) is 23.1 Å². The predicted octanol–water partition coefficient (Wildman–Crippen LogP) is 2.94. The van der Waals surface area contributed by atoms with Crippen LogP contribution >= 0.6 is 0 Å². The molecule has 0 bridgehead atoms. The summed E-state index contributed by atoms with van der Waals surface area (Å²) in [6.07, 6.45) is 7.90. The lowest BCUT2D eigenvalue weighted by Crippen LogP contribution is -2.45. The van der Waals surface area contributed by atoms with E-state index in [-0.39, 0.29) is 12.2 Å². The molecule has 0 amide bonds. The van der Waals surface area contributed by atoms with Crippen LogP contribution in [-0.4, -0.2) is 24.2 Å². The third-order valence-corrected chi connectivity index (χ3v) is 5.24. The van der Waals surface area contributed by atoms with Crippen molar-refractivity contribution < 1.29 is 23.1 Å². The predicted molar refractivity (Wildman–Crippen MR) is 85.1 cm³/mol. The molecule has 2 heterocycles. The minimum Gasteiger partial charge on any atom is -0.481 e. The van der Waals surface area contributed by atoms with Gasteiger partial charge in [0.05, 0.1) is 17.0 Å². The fourth-order valence-corrected chi connectivity index (χ4v) is 4.12. The third kappa shape index (κ3) is 2.04. The smallest absolute Gasteiger partial charge is 0.309 e. The molecule has 1 unspecified atom stereocenters. The van der Waals surface area contributed by atoms with E-state index in [1.807, 2.05) is 18.2 Å². The molecule has 1 fully saturated rings. The first kappa shape index (κ1) is 15.8. The number of hydrogen-bond donors (Lipinski definition) is 2. The van der Waals surface area contributed by atoms with Crippen molar-refractivity contribution in [3.8, 4) is 0 Å². The molecule has 4 nitrogen and oxygen atoms in total. The van der Waals surface area contributed by atoms with Crippen molar-refractivity contribution in [2.24, 2.45) is 11.3 Å². The highest BCUT2D eigenvalue weighted by Gasteiger charge is 2.57.